The van der Waals surface area contributed by atoms with E-state index in [1.165, 1.54) is 7.11 Å². The lowest BCUT2D eigenvalue weighted by atomic mass is 10.0. The second-order valence-electron chi connectivity index (χ2n) is 4.74. The fraction of sp³-hybridized carbons (Fsp3) is 0.500. The first kappa shape index (κ1) is 15.8. The summed E-state index contributed by atoms with van der Waals surface area (Å²) in [6.07, 6.45) is 1.01. The van der Waals surface area contributed by atoms with Gasteiger partial charge in [-0.1, -0.05) is 17.7 Å². The predicted octanol–water partition coefficient (Wildman–Crippen LogP) is 2.61. The summed E-state index contributed by atoms with van der Waals surface area (Å²) in [5, 5.41) is 3.93. The summed E-state index contributed by atoms with van der Waals surface area (Å²) in [7, 11) is 1.42. The maximum atomic E-state index is 12.2. The zero-order valence-corrected chi connectivity index (χ0v) is 13.7. The van der Waals surface area contributed by atoms with Gasteiger partial charge in [-0.3, -0.25) is 4.90 Å². The van der Waals surface area contributed by atoms with E-state index < -0.39 is 6.04 Å². The van der Waals surface area contributed by atoms with Crippen molar-refractivity contribution in [2.45, 2.75) is 12.5 Å². The largest absolute Gasteiger partial charge is 0.468 e. The van der Waals surface area contributed by atoms with Gasteiger partial charge in [-0.15, -0.1) is 0 Å². The number of hydrogen-bond acceptors (Lipinski definition) is 4. The molecule has 0 bridgehead atoms. The molecule has 6 heteroatoms. The lowest BCUT2D eigenvalue weighted by molar-refractivity contribution is -0.147. The van der Waals surface area contributed by atoms with Gasteiger partial charge in [0.15, 0.2) is 0 Å². The molecule has 0 saturated carbocycles. The van der Waals surface area contributed by atoms with Gasteiger partial charge in [0, 0.05) is 24.1 Å². The SMILES string of the molecule is COC(=O)C(c1ccc(Br)c(Cl)c1)N1CCCNCC1. The first-order valence-corrected chi connectivity index (χ1v) is 7.78. The van der Waals surface area contributed by atoms with Gasteiger partial charge in [0.05, 0.1) is 12.1 Å². The number of rotatable bonds is 3. The van der Waals surface area contributed by atoms with Gasteiger partial charge in [0.25, 0.3) is 0 Å². The fourth-order valence-electron chi connectivity index (χ4n) is 2.41. The molecule has 1 unspecified atom stereocenters. The highest BCUT2D eigenvalue weighted by Crippen LogP contribution is 2.29. The van der Waals surface area contributed by atoms with Crippen molar-refractivity contribution in [1.29, 1.82) is 0 Å². The Morgan fingerprint density at radius 3 is 2.95 bits per heavy atom. The van der Waals surface area contributed by atoms with Crippen molar-refractivity contribution in [3.05, 3.63) is 33.3 Å². The first-order chi connectivity index (χ1) is 9.63. The Morgan fingerprint density at radius 1 is 1.45 bits per heavy atom. The molecule has 4 nitrogen and oxygen atoms in total. The van der Waals surface area contributed by atoms with Gasteiger partial charge in [-0.05, 0) is 46.6 Å². The number of hydrogen-bond donors (Lipinski definition) is 1. The second kappa shape index (κ2) is 7.41. The highest BCUT2D eigenvalue weighted by molar-refractivity contribution is 9.10. The molecule has 110 valence electrons. The summed E-state index contributed by atoms with van der Waals surface area (Å²) in [5.74, 6) is -0.245. The zero-order chi connectivity index (χ0) is 14.5. The van der Waals surface area contributed by atoms with E-state index in [0.29, 0.717) is 5.02 Å². The minimum Gasteiger partial charge on any atom is -0.468 e. The Labute approximate surface area is 132 Å². The molecule has 0 amide bonds. The third-order valence-electron chi connectivity index (χ3n) is 3.42. The van der Waals surface area contributed by atoms with Crippen LogP contribution in [0.4, 0.5) is 0 Å². The summed E-state index contributed by atoms with van der Waals surface area (Å²) in [6, 6.07) is 5.20. The van der Waals surface area contributed by atoms with E-state index in [9.17, 15) is 4.79 Å². The third-order valence-corrected chi connectivity index (χ3v) is 4.66. The number of ether oxygens (including phenoxy) is 1. The molecule has 2 rings (SSSR count). The van der Waals surface area contributed by atoms with E-state index in [1.54, 1.807) is 0 Å². The minimum absolute atomic E-state index is 0.245. The molecule has 1 atom stereocenters. The Morgan fingerprint density at radius 2 is 2.25 bits per heavy atom. The standard InChI is InChI=1S/C14H18BrClN2O2/c1-20-14(19)13(18-7-2-5-17-6-8-18)10-3-4-11(15)12(16)9-10/h3-4,9,13,17H,2,5-8H2,1H3. The van der Waals surface area contributed by atoms with Crippen molar-refractivity contribution in [3.8, 4) is 0 Å². The second-order valence-corrected chi connectivity index (χ2v) is 6.00. The van der Waals surface area contributed by atoms with Gasteiger partial charge in [0.2, 0.25) is 0 Å². The zero-order valence-electron chi connectivity index (χ0n) is 11.4. The maximum Gasteiger partial charge on any atom is 0.327 e. The van der Waals surface area contributed by atoms with Crippen LogP contribution in [0.3, 0.4) is 0 Å². The molecule has 1 aliphatic rings. The van der Waals surface area contributed by atoms with E-state index in [1.807, 2.05) is 18.2 Å². The summed E-state index contributed by atoms with van der Waals surface area (Å²) < 4.78 is 5.80. The van der Waals surface area contributed by atoms with Gasteiger partial charge in [0.1, 0.15) is 6.04 Å². The van der Waals surface area contributed by atoms with E-state index in [0.717, 1.165) is 42.6 Å². The molecule has 0 aromatic heterocycles. The first-order valence-electron chi connectivity index (χ1n) is 6.61. The monoisotopic (exact) mass is 360 g/mol. The highest BCUT2D eigenvalue weighted by atomic mass is 79.9. The van der Waals surface area contributed by atoms with E-state index in [2.05, 4.69) is 26.1 Å². The van der Waals surface area contributed by atoms with E-state index in [-0.39, 0.29) is 5.97 Å². The third kappa shape index (κ3) is 3.73. The lowest BCUT2D eigenvalue weighted by Gasteiger charge is -2.28. The summed E-state index contributed by atoms with van der Waals surface area (Å²) in [6.45, 7) is 3.52. The number of carbonyl (C=O) groups is 1. The van der Waals surface area contributed by atoms with Gasteiger partial charge >= 0.3 is 5.97 Å². The van der Waals surface area contributed by atoms with Crippen molar-refractivity contribution in [3.63, 3.8) is 0 Å². The van der Waals surface area contributed by atoms with Crippen LogP contribution in [-0.2, 0) is 9.53 Å². The molecule has 0 aliphatic carbocycles. The van der Waals surface area contributed by atoms with Crippen LogP contribution in [0, 0.1) is 0 Å². The van der Waals surface area contributed by atoms with Crippen LogP contribution in [0.1, 0.15) is 18.0 Å². The normalized spacial score (nSPS) is 18.4. The van der Waals surface area contributed by atoms with Crippen LogP contribution in [0.25, 0.3) is 0 Å². The number of benzene rings is 1. The van der Waals surface area contributed by atoms with Gasteiger partial charge < -0.3 is 10.1 Å². The molecule has 1 heterocycles. The Balaban J connectivity index is 2.30. The van der Waals surface area contributed by atoms with Crippen LogP contribution >= 0.6 is 27.5 Å². The predicted molar refractivity (Wildman–Crippen MR) is 83.0 cm³/mol. The Hall–Kier alpha value is -0.620. The number of nitrogens with zero attached hydrogens (tertiary/aromatic N) is 1. The molecule has 1 aromatic rings. The highest BCUT2D eigenvalue weighted by Gasteiger charge is 2.29. The molecule has 0 radical (unpaired) electrons. The number of nitrogens with one attached hydrogen (secondary N) is 1. The molecule has 1 saturated heterocycles. The van der Waals surface area contributed by atoms with Crippen LogP contribution < -0.4 is 5.32 Å². The average molecular weight is 362 g/mol. The minimum atomic E-state index is -0.398. The van der Waals surface area contributed by atoms with E-state index >= 15 is 0 Å². The molecule has 20 heavy (non-hydrogen) atoms. The number of carbonyl (C=O) groups excluding carboxylic acids is 1. The Bertz CT molecular complexity index is 476. The van der Waals surface area contributed by atoms with Crippen LogP contribution in [-0.4, -0.2) is 44.2 Å². The lowest BCUT2D eigenvalue weighted by Crippen LogP contribution is -2.37. The van der Waals surface area contributed by atoms with Crippen molar-refractivity contribution in [2.24, 2.45) is 0 Å². The van der Waals surface area contributed by atoms with Crippen molar-refractivity contribution < 1.29 is 9.53 Å². The number of esters is 1. The Kier molecular flexibility index (Phi) is 5.84. The summed E-state index contributed by atoms with van der Waals surface area (Å²) in [5.41, 5.74) is 0.868. The quantitative estimate of drug-likeness (QED) is 0.840. The van der Waals surface area contributed by atoms with Crippen molar-refractivity contribution in [1.82, 2.24) is 10.2 Å². The fourth-order valence-corrected chi connectivity index (χ4v) is 2.85. The summed E-state index contributed by atoms with van der Waals surface area (Å²) in [4.78, 5) is 14.3. The molecular weight excluding hydrogens is 344 g/mol. The van der Waals surface area contributed by atoms with Crippen LogP contribution in [0.2, 0.25) is 5.02 Å². The molecule has 1 N–H and O–H groups in total. The van der Waals surface area contributed by atoms with Crippen LogP contribution in [0.15, 0.2) is 22.7 Å². The van der Waals surface area contributed by atoms with Crippen molar-refractivity contribution >= 4 is 33.5 Å². The molecule has 1 aromatic carbocycles. The molecular formula is C14H18BrClN2O2. The maximum absolute atomic E-state index is 12.2. The van der Waals surface area contributed by atoms with Gasteiger partial charge in [-0.25, -0.2) is 4.79 Å². The van der Waals surface area contributed by atoms with Crippen molar-refractivity contribution in [2.75, 3.05) is 33.3 Å². The molecule has 1 fully saturated rings. The van der Waals surface area contributed by atoms with Gasteiger partial charge in [-0.2, -0.15) is 0 Å². The average Bonchev–Trinajstić information content (AvgIpc) is 2.72. The topological polar surface area (TPSA) is 41.6 Å². The molecule has 1 aliphatic heterocycles. The summed E-state index contributed by atoms with van der Waals surface area (Å²) >= 11 is 9.52. The number of methoxy groups -OCH3 is 1. The van der Waals surface area contributed by atoms with E-state index in [4.69, 9.17) is 16.3 Å². The number of halogens is 2. The van der Waals surface area contributed by atoms with Crippen LogP contribution in [0.5, 0.6) is 0 Å². The smallest absolute Gasteiger partial charge is 0.327 e. The molecule has 0 spiro atoms.